The maximum atomic E-state index is 11.3. The smallest absolute Gasteiger partial charge is 0.229 e. The standard InChI is InChI=1S/C20H33N3O3S/c1-22-11-7-18(8-12-22)20(15-24)23-13-9-17(10-14-23)16-3-5-19(6-4-16)21-27(2,25)26/h3-6,17-18,20-21,24H,7-15H2,1-2H3. The van der Waals surface area contributed by atoms with E-state index in [1.807, 2.05) is 24.3 Å². The van der Waals surface area contributed by atoms with Gasteiger partial charge < -0.3 is 10.0 Å². The first-order valence-electron chi connectivity index (χ1n) is 9.97. The van der Waals surface area contributed by atoms with Gasteiger partial charge in [-0.25, -0.2) is 8.42 Å². The fourth-order valence-electron chi connectivity index (χ4n) is 4.58. The average molecular weight is 396 g/mol. The van der Waals surface area contributed by atoms with Crippen LogP contribution in [0.1, 0.15) is 37.2 Å². The van der Waals surface area contributed by atoms with Crippen LogP contribution < -0.4 is 4.72 Å². The third-order valence-electron chi connectivity index (χ3n) is 6.18. The largest absolute Gasteiger partial charge is 0.395 e. The number of likely N-dealkylation sites (tertiary alicyclic amines) is 2. The van der Waals surface area contributed by atoms with Crippen molar-refractivity contribution >= 4 is 15.7 Å². The highest BCUT2D eigenvalue weighted by molar-refractivity contribution is 7.92. The van der Waals surface area contributed by atoms with Crippen LogP contribution in [0.3, 0.4) is 0 Å². The van der Waals surface area contributed by atoms with Gasteiger partial charge in [0.05, 0.1) is 12.9 Å². The van der Waals surface area contributed by atoms with Crippen molar-refractivity contribution in [3.63, 3.8) is 0 Å². The molecule has 1 aromatic carbocycles. The van der Waals surface area contributed by atoms with Crippen molar-refractivity contribution in [3.8, 4) is 0 Å². The normalized spacial score (nSPS) is 22.6. The topological polar surface area (TPSA) is 72.9 Å². The van der Waals surface area contributed by atoms with Crippen molar-refractivity contribution < 1.29 is 13.5 Å². The first kappa shape index (κ1) is 20.6. The molecule has 1 atom stereocenters. The molecule has 2 aliphatic rings. The lowest BCUT2D eigenvalue weighted by molar-refractivity contribution is 0.0373. The van der Waals surface area contributed by atoms with Gasteiger partial charge in [-0.3, -0.25) is 9.62 Å². The minimum Gasteiger partial charge on any atom is -0.395 e. The van der Waals surface area contributed by atoms with Crippen LogP contribution in [0.15, 0.2) is 24.3 Å². The molecule has 0 radical (unpaired) electrons. The van der Waals surface area contributed by atoms with E-state index in [9.17, 15) is 13.5 Å². The summed E-state index contributed by atoms with van der Waals surface area (Å²) in [4.78, 5) is 4.87. The van der Waals surface area contributed by atoms with Crippen LogP contribution >= 0.6 is 0 Å². The molecular formula is C20H33N3O3S. The van der Waals surface area contributed by atoms with E-state index in [4.69, 9.17) is 0 Å². The second kappa shape index (κ2) is 8.90. The molecule has 6 nitrogen and oxygen atoms in total. The number of benzene rings is 1. The van der Waals surface area contributed by atoms with Crippen molar-refractivity contribution in [1.29, 1.82) is 0 Å². The first-order chi connectivity index (χ1) is 12.9. The summed E-state index contributed by atoms with van der Waals surface area (Å²) < 4.78 is 25.2. The first-order valence-corrected chi connectivity index (χ1v) is 11.9. The van der Waals surface area contributed by atoms with Crippen LogP contribution in [0, 0.1) is 5.92 Å². The van der Waals surface area contributed by atoms with Crippen molar-refractivity contribution in [2.24, 2.45) is 5.92 Å². The van der Waals surface area contributed by atoms with Gasteiger partial charge in [0.1, 0.15) is 0 Å². The molecule has 2 aliphatic heterocycles. The Bertz CT molecular complexity index is 692. The molecule has 0 aliphatic carbocycles. The number of nitrogens with zero attached hydrogens (tertiary/aromatic N) is 2. The van der Waals surface area contributed by atoms with Gasteiger partial charge in [-0.05, 0) is 88.4 Å². The fourth-order valence-corrected chi connectivity index (χ4v) is 5.14. The molecule has 27 heavy (non-hydrogen) atoms. The molecule has 3 rings (SSSR count). The molecule has 1 aromatic rings. The molecule has 0 saturated carbocycles. The Morgan fingerprint density at radius 1 is 1.07 bits per heavy atom. The van der Waals surface area contributed by atoms with Gasteiger partial charge >= 0.3 is 0 Å². The van der Waals surface area contributed by atoms with Gasteiger partial charge in [0.2, 0.25) is 10.0 Å². The second-order valence-electron chi connectivity index (χ2n) is 8.20. The lowest BCUT2D eigenvalue weighted by atomic mass is 9.85. The summed E-state index contributed by atoms with van der Waals surface area (Å²) in [5.74, 6) is 1.11. The van der Waals surface area contributed by atoms with Crippen LogP contribution in [0.5, 0.6) is 0 Å². The summed E-state index contributed by atoms with van der Waals surface area (Å²) in [5.41, 5.74) is 1.88. The number of sulfonamides is 1. The third kappa shape index (κ3) is 5.67. The predicted octanol–water partition coefficient (Wildman–Crippen LogP) is 1.94. The Hall–Kier alpha value is -1.15. The molecule has 152 valence electrons. The molecule has 0 bridgehead atoms. The minimum absolute atomic E-state index is 0.255. The number of aliphatic hydroxyl groups excluding tert-OH is 1. The zero-order valence-corrected chi connectivity index (χ0v) is 17.3. The number of anilines is 1. The molecule has 7 heteroatoms. The van der Waals surface area contributed by atoms with Crippen LogP contribution in [0.2, 0.25) is 0 Å². The third-order valence-corrected chi connectivity index (χ3v) is 6.78. The fraction of sp³-hybridized carbons (Fsp3) is 0.700. The molecule has 2 fully saturated rings. The highest BCUT2D eigenvalue weighted by atomic mass is 32.2. The van der Waals surface area contributed by atoms with Crippen LogP contribution in [0.4, 0.5) is 5.69 Å². The summed E-state index contributed by atoms with van der Waals surface area (Å²) in [5, 5.41) is 9.99. The number of aliphatic hydroxyl groups is 1. The number of hydrogen-bond donors (Lipinski definition) is 2. The molecule has 0 amide bonds. The van der Waals surface area contributed by atoms with Crippen LogP contribution in [0.25, 0.3) is 0 Å². The lowest BCUT2D eigenvalue weighted by Gasteiger charge is -2.42. The van der Waals surface area contributed by atoms with Gasteiger partial charge in [-0.1, -0.05) is 12.1 Å². The molecular weight excluding hydrogens is 362 g/mol. The Kier molecular flexibility index (Phi) is 6.78. The number of hydrogen-bond acceptors (Lipinski definition) is 5. The Labute approximate surface area is 163 Å². The summed E-state index contributed by atoms with van der Waals surface area (Å²) in [6.45, 7) is 4.55. The summed E-state index contributed by atoms with van der Waals surface area (Å²) in [6, 6.07) is 8.05. The van der Waals surface area contributed by atoms with Gasteiger partial charge in [0, 0.05) is 11.7 Å². The SMILES string of the molecule is CN1CCC(C(CO)N2CCC(c3ccc(NS(C)(=O)=O)cc3)CC2)CC1. The highest BCUT2D eigenvalue weighted by Gasteiger charge is 2.32. The molecule has 1 unspecified atom stereocenters. The minimum atomic E-state index is -3.23. The van der Waals surface area contributed by atoms with Crippen LogP contribution in [-0.2, 0) is 10.0 Å². The van der Waals surface area contributed by atoms with Gasteiger partial charge in [0.15, 0.2) is 0 Å². The van der Waals surface area contributed by atoms with Crippen molar-refractivity contribution in [2.45, 2.75) is 37.6 Å². The lowest BCUT2D eigenvalue weighted by Crippen LogP contribution is -2.49. The van der Waals surface area contributed by atoms with E-state index < -0.39 is 10.0 Å². The Morgan fingerprint density at radius 2 is 1.67 bits per heavy atom. The summed E-state index contributed by atoms with van der Waals surface area (Å²) in [6.07, 6.45) is 5.69. The van der Waals surface area contributed by atoms with Crippen molar-refractivity contribution in [3.05, 3.63) is 29.8 Å². The second-order valence-corrected chi connectivity index (χ2v) is 9.95. The monoisotopic (exact) mass is 395 g/mol. The van der Waals surface area contributed by atoms with E-state index in [-0.39, 0.29) is 6.61 Å². The van der Waals surface area contributed by atoms with E-state index >= 15 is 0 Å². The molecule has 0 spiro atoms. The zero-order valence-electron chi connectivity index (χ0n) is 16.5. The molecule has 2 heterocycles. The van der Waals surface area contributed by atoms with E-state index in [2.05, 4.69) is 21.6 Å². The zero-order chi connectivity index (χ0) is 19.4. The Morgan fingerprint density at radius 3 is 2.19 bits per heavy atom. The maximum Gasteiger partial charge on any atom is 0.229 e. The van der Waals surface area contributed by atoms with Crippen LogP contribution in [-0.4, -0.2) is 75.5 Å². The number of piperidine rings is 2. The number of nitrogens with one attached hydrogen (secondary N) is 1. The van der Waals surface area contributed by atoms with E-state index in [0.717, 1.165) is 39.0 Å². The van der Waals surface area contributed by atoms with Gasteiger partial charge in [0.25, 0.3) is 0 Å². The van der Waals surface area contributed by atoms with Gasteiger partial charge in [-0.15, -0.1) is 0 Å². The predicted molar refractivity (Wildman–Crippen MR) is 110 cm³/mol. The van der Waals surface area contributed by atoms with Crippen molar-refractivity contribution in [2.75, 3.05) is 50.8 Å². The van der Waals surface area contributed by atoms with Crippen molar-refractivity contribution in [1.82, 2.24) is 9.80 Å². The highest BCUT2D eigenvalue weighted by Crippen LogP contribution is 2.32. The number of rotatable bonds is 6. The molecule has 2 N–H and O–H groups in total. The maximum absolute atomic E-state index is 11.3. The Balaban J connectivity index is 1.55. The molecule has 2 saturated heterocycles. The van der Waals surface area contributed by atoms with E-state index in [1.165, 1.54) is 24.7 Å². The van der Waals surface area contributed by atoms with E-state index in [1.54, 1.807) is 0 Å². The summed E-state index contributed by atoms with van der Waals surface area (Å²) in [7, 11) is -1.06. The molecule has 0 aromatic heterocycles. The van der Waals surface area contributed by atoms with Gasteiger partial charge in [-0.2, -0.15) is 0 Å². The average Bonchev–Trinajstić information content (AvgIpc) is 2.64. The van der Waals surface area contributed by atoms with E-state index in [0.29, 0.717) is 23.6 Å². The quantitative estimate of drug-likeness (QED) is 0.770. The summed E-state index contributed by atoms with van der Waals surface area (Å²) >= 11 is 0.